The highest BCUT2D eigenvalue weighted by atomic mass is 16.2. The highest BCUT2D eigenvalue weighted by molar-refractivity contribution is 5.87. The summed E-state index contributed by atoms with van der Waals surface area (Å²) in [5.41, 5.74) is 0. The van der Waals surface area contributed by atoms with Gasteiger partial charge in [0.2, 0.25) is 5.91 Å². The predicted molar refractivity (Wildman–Crippen MR) is 67.0 cm³/mol. The van der Waals surface area contributed by atoms with Crippen molar-refractivity contribution in [2.45, 2.75) is 37.6 Å². The van der Waals surface area contributed by atoms with Crippen LogP contribution in [-0.2, 0) is 4.79 Å². The van der Waals surface area contributed by atoms with Crippen LogP contribution in [0.15, 0.2) is 19.0 Å². The number of piperidine rings is 1. The van der Waals surface area contributed by atoms with Gasteiger partial charge in [0, 0.05) is 25.0 Å². The zero-order valence-electron chi connectivity index (χ0n) is 10.5. The quantitative estimate of drug-likeness (QED) is 0.759. The summed E-state index contributed by atoms with van der Waals surface area (Å²) < 4.78 is 2.23. The first-order chi connectivity index (χ1) is 8.79. The Kier molecular flexibility index (Phi) is 2.89. The topological polar surface area (TPSA) is 51.0 Å². The number of likely N-dealkylation sites (tertiary alicyclic amines) is 1. The van der Waals surface area contributed by atoms with Gasteiger partial charge >= 0.3 is 0 Å². The fraction of sp³-hybridized carbons (Fsp3) is 0.615. The highest BCUT2D eigenvalue weighted by Crippen LogP contribution is 2.38. The minimum atomic E-state index is 0.0390. The van der Waals surface area contributed by atoms with Gasteiger partial charge in [-0.1, -0.05) is 6.58 Å². The average Bonchev–Trinajstić information content (AvgIpc) is 3.15. The standard InChI is InChI=1S/C13H18N4O/c1-2-12(18)16-7-5-10(6-8-16)13-15-14-9-17(13)11-3-4-11/h2,9-11H,1,3-8H2. The molecule has 1 aliphatic heterocycles. The maximum absolute atomic E-state index is 11.5. The third-order valence-corrected chi connectivity index (χ3v) is 3.89. The van der Waals surface area contributed by atoms with Gasteiger partial charge in [-0.3, -0.25) is 4.79 Å². The maximum Gasteiger partial charge on any atom is 0.245 e. The van der Waals surface area contributed by atoms with Gasteiger partial charge in [-0.05, 0) is 31.8 Å². The van der Waals surface area contributed by atoms with Crippen LogP contribution in [0, 0.1) is 0 Å². The summed E-state index contributed by atoms with van der Waals surface area (Å²) in [5.74, 6) is 1.60. The largest absolute Gasteiger partial charge is 0.339 e. The minimum Gasteiger partial charge on any atom is -0.339 e. The Morgan fingerprint density at radius 3 is 2.67 bits per heavy atom. The summed E-state index contributed by atoms with van der Waals surface area (Å²) in [6.45, 7) is 5.13. The maximum atomic E-state index is 11.5. The highest BCUT2D eigenvalue weighted by Gasteiger charge is 2.31. The molecule has 1 amide bonds. The molecule has 5 nitrogen and oxygen atoms in total. The number of carbonyl (C=O) groups excluding carboxylic acids is 1. The van der Waals surface area contributed by atoms with Crippen molar-refractivity contribution in [2.75, 3.05) is 13.1 Å². The molecule has 1 saturated heterocycles. The van der Waals surface area contributed by atoms with E-state index in [2.05, 4.69) is 21.3 Å². The van der Waals surface area contributed by atoms with Gasteiger partial charge in [0.1, 0.15) is 12.2 Å². The SMILES string of the molecule is C=CC(=O)N1CCC(c2nncn2C2CC2)CC1. The summed E-state index contributed by atoms with van der Waals surface area (Å²) >= 11 is 0. The molecule has 2 fully saturated rings. The van der Waals surface area contributed by atoms with Crippen molar-refractivity contribution in [3.05, 3.63) is 24.8 Å². The molecule has 5 heteroatoms. The van der Waals surface area contributed by atoms with Crippen LogP contribution in [0.3, 0.4) is 0 Å². The zero-order valence-corrected chi connectivity index (χ0v) is 10.5. The smallest absolute Gasteiger partial charge is 0.245 e. The van der Waals surface area contributed by atoms with Crippen LogP contribution in [-0.4, -0.2) is 38.7 Å². The number of hydrogen-bond donors (Lipinski definition) is 0. The lowest BCUT2D eigenvalue weighted by Crippen LogP contribution is -2.37. The van der Waals surface area contributed by atoms with Crippen LogP contribution in [0.4, 0.5) is 0 Å². The van der Waals surface area contributed by atoms with E-state index in [9.17, 15) is 4.79 Å². The number of rotatable bonds is 3. The Balaban J connectivity index is 1.67. The Hall–Kier alpha value is -1.65. The molecule has 1 aliphatic carbocycles. The molecule has 18 heavy (non-hydrogen) atoms. The number of hydrogen-bond acceptors (Lipinski definition) is 3. The second-order valence-electron chi connectivity index (χ2n) is 5.13. The van der Waals surface area contributed by atoms with E-state index in [1.54, 1.807) is 0 Å². The van der Waals surface area contributed by atoms with Crippen LogP contribution in [0.1, 0.15) is 43.5 Å². The van der Waals surface area contributed by atoms with Gasteiger partial charge in [0.15, 0.2) is 0 Å². The van der Waals surface area contributed by atoms with E-state index in [0.717, 1.165) is 31.8 Å². The second kappa shape index (κ2) is 4.55. The van der Waals surface area contributed by atoms with Gasteiger partial charge in [-0.15, -0.1) is 10.2 Å². The Morgan fingerprint density at radius 2 is 2.06 bits per heavy atom. The van der Waals surface area contributed by atoms with E-state index in [1.165, 1.54) is 18.9 Å². The van der Waals surface area contributed by atoms with Crippen molar-refractivity contribution in [1.82, 2.24) is 19.7 Å². The molecule has 0 spiro atoms. The molecule has 3 rings (SSSR count). The van der Waals surface area contributed by atoms with E-state index in [0.29, 0.717) is 12.0 Å². The van der Waals surface area contributed by atoms with Crippen LogP contribution in [0.25, 0.3) is 0 Å². The molecular weight excluding hydrogens is 228 g/mol. The summed E-state index contributed by atoms with van der Waals surface area (Å²) in [6, 6.07) is 0.628. The molecule has 0 radical (unpaired) electrons. The summed E-state index contributed by atoms with van der Waals surface area (Å²) in [6.07, 6.45) is 7.70. The van der Waals surface area contributed by atoms with Gasteiger partial charge in [-0.25, -0.2) is 0 Å². The number of nitrogens with zero attached hydrogens (tertiary/aromatic N) is 4. The van der Waals surface area contributed by atoms with Crippen LogP contribution in [0.5, 0.6) is 0 Å². The van der Waals surface area contributed by atoms with Crippen molar-refractivity contribution in [3.63, 3.8) is 0 Å². The lowest BCUT2D eigenvalue weighted by molar-refractivity contribution is -0.127. The lowest BCUT2D eigenvalue weighted by atomic mass is 9.96. The van der Waals surface area contributed by atoms with Gasteiger partial charge < -0.3 is 9.47 Å². The van der Waals surface area contributed by atoms with E-state index in [-0.39, 0.29) is 5.91 Å². The van der Waals surface area contributed by atoms with E-state index >= 15 is 0 Å². The third-order valence-electron chi connectivity index (χ3n) is 3.89. The molecule has 0 unspecified atom stereocenters. The van der Waals surface area contributed by atoms with E-state index in [1.807, 2.05) is 11.2 Å². The van der Waals surface area contributed by atoms with Crippen LogP contribution < -0.4 is 0 Å². The van der Waals surface area contributed by atoms with Crippen molar-refractivity contribution in [3.8, 4) is 0 Å². The zero-order chi connectivity index (χ0) is 12.5. The normalized spacial score (nSPS) is 21.0. The van der Waals surface area contributed by atoms with Crippen LogP contribution >= 0.6 is 0 Å². The van der Waals surface area contributed by atoms with Crippen molar-refractivity contribution < 1.29 is 4.79 Å². The van der Waals surface area contributed by atoms with Gasteiger partial charge in [0.05, 0.1) is 0 Å². The average molecular weight is 246 g/mol. The monoisotopic (exact) mass is 246 g/mol. The molecule has 0 N–H and O–H groups in total. The number of carbonyl (C=O) groups is 1. The molecule has 1 aromatic heterocycles. The van der Waals surface area contributed by atoms with Crippen LogP contribution in [0.2, 0.25) is 0 Å². The predicted octanol–water partition coefficient (Wildman–Crippen LogP) is 1.50. The first kappa shape index (κ1) is 11.4. The molecule has 0 atom stereocenters. The summed E-state index contributed by atoms with van der Waals surface area (Å²) in [7, 11) is 0. The first-order valence-electron chi connectivity index (χ1n) is 6.60. The van der Waals surface area contributed by atoms with Crippen molar-refractivity contribution in [1.29, 1.82) is 0 Å². The van der Waals surface area contributed by atoms with E-state index < -0.39 is 0 Å². The van der Waals surface area contributed by atoms with Crippen molar-refractivity contribution in [2.24, 2.45) is 0 Å². The van der Waals surface area contributed by atoms with Gasteiger partial charge in [0.25, 0.3) is 0 Å². The lowest BCUT2D eigenvalue weighted by Gasteiger charge is -2.30. The number of aromatic nitrogens is 3. The van der Waals surface area contributed by atoms with Crippen molar-refractivity contribution >= 4 is 5.91 Å². The fourth-order valence-electron chi connectivity index (χ4n) is 2.67. The molecule has 2 aliphatic rings. The van der Waals surface area contributed by atoms with E-state index in [4.69, 9.17) is 0 Å². The molecule has 96 valence electrons. The van der Waals surface area contributed by atoms with Gasteiger partial charge in [-0.2, -0.15) is 0 Å². The Labute approximate surface area is 106 Å². The molecule has 0 aromatic carbocycles. The molecule has 1 saturated carbocycles. The third kappa shape index (κ3) is 2.05. The second-order valence-corrected chi connectivity index (χ2v) is 5.13. The molecule has 0 bridgehead atoms. The summed E-state index contributed by atoms with van der Waals surface area (Å²) in [4.78, 5) is 13.4. The Morgan fingerprint density at radius 1 is 1.33 bits per heavy atom. The first-order valence-corrected chi connectivity index (χ1v) is 6.60. The fourth-order valence-corrected chi connectivity index (χ4v) is 2.67. The molecular formula is C13H18N4O. The Bertz CT molecular complexity index is 455. The minimum absolute atomic E-state index is 0.0390. The summed E-state index contributed by atoms with van der Waals surface area (Å²) in [5, 5.41) is 8.33. The number of amides is 1. The molecule has 1 aromatic rings. The molecule has 2 heterocycles.